The van der Waals surface area contributed by atoms with Crippen LogP contribution in [0, 0.1) is 6.92 Å². The van der Waals surface area contributed by atoms with Gasteiger partial charge in [-0.25, -0.2) is 9.97 Å². The van der Waals surface area contributed by atoms with Crippen molar-refractivity contribution >= 4 is 0 Å². The lowest BCUT2D eigenvalue weighted by Crippen LogP contribution is -2.31. The van der Waals surface area contributed by atoms with Crippen LogP contribution in [0.4, 0.5) is 0 Å². The van der Waals surface area contributed by atoms with E-state index in [2.05, 4.69) is 46.2 Å². The summed E-state index contributed by atoms with van der Waals surface area (Å²) in [5, 5.41) is 7.44. The minimum atomic E-state index is 0.158. The Morgan fingerprint density at radius 2 is 2.10 bits per heavy atom. The second-order valence-corrected chi connectivity index (χ2v) is 4.98. The summed E-state index contributed by atoms with van der Waals surface area (Å²) in [7, 11) is 0. The highest BCUT2D eigenvalue weighted by atomic mass is 16.5. The number of aromatic nitrogens is 4. The molecule has 0 fully saturated rings. The first-order valence-corrected chi connectivity index (χ1v) is 6.98. The van der Waals surface area contributed by atoms with Gasteiger partial charge in [-0.2, -0.15) is 4.98 Å². The van der Waals surface area contributed by atoms with Crippen LogP contribution in [0.15, 0.2) is 16.8 Å². The first kappa shape index (κ1) is 14.6. The molecule has 0 bridgehead atoms. The highest BCUT2D eigenvalue weighted by Crippen LogP contribution is 2.20. The molecule has 0 amide bonds. The Kier molecular flexibility index (Phi) is 4.79. The molecule has 2 rings (SSSR count). The van der Waals surface area contributed by atoms with Crippen LogP contribution in [0.5, 0.6) is 0 Å². The third-order valence-corrected chi connectivity index (χ3v) is 3.30. The van der Waals surface area contributed by atoms with Gasteiger partial charge in [-0.3, -0.25) is 0 Å². The van der Waals surface area contributed by atoms with Gasteiger partial charge in [0.2, 0.25) is 11.7 Å². The minimum absolute atomic E-state index is 0.158. The second-order valence-electron chi connectivity index (χ2n) is 4.98. The Morgan fingerprint density at radius 3 is 2.80 bits per heavy atom. The summed E-state index contributed by atoms with van der Waals surface area (Å²) >= 11 is 0. The third kappa shape index (κ3) is 3.39. The van der Waals surface area contributed by atoms with Gasteiger partial charge in [-0.1, -0.05) is 19.0 Å². The summed E-state index contributed by atoms with van der Waals surface area (Å²) in [5.41, 5.74) is 0.689. The molecule has 0 aliphatic heterocycles. The van der Waals surface area contributed by atoms with E-state index < -0.39 is 0 Å². The Labute approximate surface area is 119 Å². The molecular formula is C14H21N5O. The number of aryl methyl sites for hydroxylation is 1. The maximum absolute atomic E-state index is 5.36. The molecule has 2 atom stereocenters. The molecule has 0 aliphatic carbocycles. The average molecular weight is 275 g/mol. The lowest BCUT2D eigenvalue weighted by molar-refractivity contribution is 0.331. The van der Waals surface area contributed by atoms with Crippen LogP contribution in [0.3, 0.4) is 0 Å². The summed E-state index contributed by atoms with van der Waals surface area (Å²) in [6, 6.07) is 2.07. The fourth-order valence-electron chi connectivity index (χ4n) is 1.87. The molecule has 2 heterocycles. The molecule has 2 unspecified atom stereocenters. The predicted octanol–water partition coefficient (Wildman–Crippen LogP) is 2.33. The number of rotatable bonds is 6. The van der Waals surface area contributed by atoms with Gasteiger partial charge < -0.3 is 9.84 Å². The van der Waals surface area contributed by atoms with Crippen molar-refractivity contribution in [2.75, 3.05) is 6.54 Å². The van der Waals surface area contributed by atoms with Crippen LogP contribution < -0.4 is 5.32 Å². The molecular weight excluding hydrogens is 254 g/mol. The van der Waals surface area contributed by atoms with E-state index in [1.54, 1.807) is 12.3 Å². The van der Waals surface area contributed by atoms with Gasteiger partial charge in [-0.15, -0.1) is 0 Å². The van der Waals surface area contributed by atoms with E-state index in [-0.39, 0.29) is 12.0 Å². The number of hydrogen-bond acceptors (Lipinski definition) is 6. The largest absolute Gasteiger partial charge is 0.339 e. The van der Waals surface area contributed by atoms with Gasteiger partial charge in [-0.05, 0) is 32.9 Å². The molecule has 6 nitrogen and oxygen atoms in total. The molecule has 2 aromatic heterocycles. The fourth-order valence-corrected chi connectivity index (χ4v) is 1.87. The van der Waals surface area contributed by atoms with Crippen LogP contribution >= 0.6 is 0 Å². The summed E-state index contributed by atoms with van der Waals surface area (Å²) in [4.78, 5) is 12.8. The van der Waals surface area contributed by atoms with Crippen molar-refractivity contribution in [3.8, 4) is 11.5 Å². The fraction of sp³-hybridized carbons (Fsp3) is 0.571. The lowest BCUT2D eigenvalue weighted by atomic mass is 10.0. The molecule has 20 heavy (non-hydrogen) atoms. The maximum Gasteiger partial charge on any atom is 0.231 e. The predicted molar refractivity (Wildman–Crippen MR) is 76.2 cm³/mol. The summed E-state index contributed by atoms with van der Waals surface area (Å²) in [5.74, 6) is 2.00. The molecule has 0 saturated heterocycles. The van der Waals surface area contributed by atoms with Crippen LogP contribution in [0.1, 0.15) is 44.8 Å². The standard InChI is InChI=1S/C14H21N5O/c1-5-7-15-10(3)9(2)14-18-13(19-20-14)12-6-8-16-11(4)17-12/h6,8-10,15H,5,7H2,1-4H3. The summed E-state index contributed by atoms with van der Waals surface area (Å²) in [6.45, 7) is 9.17. The van der Waals surface area contributed by atoms with Gasteiger partial charge >= 0.3 is 0 Å². The van der Waals surface area contributed by atoms with Crippen LogP contribution in [0.25, 0.3) is 11.5 Å². The van der Waals surface area contributed by atoms with E-state index in [0.29, 0.717) is 23.2 Å². The summed E-state index contributed by atoms with van der Waals surface area (Å²) in [6.07, 6.45) is 2.80. The number of nitrogens with one attached hydrogen (secondary N) is 1. The van der Waals surface area contributed by atoms with E-state index in [1.165, 1.54) is 0 Å². The maximum atomic E-state index is 5.36. The van der Waals surface area contributed by atoms with Crippen LogP contribution in [0.2, 0.25) is 0 Å². The Hall–Kier alpha value is -1.82. The number of hydrogen-bond donors (Lipinski definition) is 1. The average Bonchev–Trinajstić information content (AvgIpc) is 2.93. The second kappa shape index (κ2) is 6.56. The highest BCUT2D eigenvalue weighted by molar-refractivity contribution is 5.47. The van der Waals surface area contributed by atoms with Crippen molar-refractivity contribution in [1.29, 1.82) is 0 Å². The summed E-state index contributed by atoms with van der Waals surface area (Å²) < 4.78 is 5.36. The van der Waals surface area contributed by atoms with Crippen molar-refractivity contribution in [3.63, 3.8) is 0 Å². The van der Waals surface area contributed by atoms with Gasteiger partial charge in [0.25, 0.3) is 0 Å². The zero-order chi connectivity index (χ0) is 14.5. The van der Waals surface area contributed by atoms with Crippen molar-refractivity contribution < 1.29 is 4.52 Å². The topological polar surface area (TPSA) is 76.7 Å². The van der Waals surface area contributed by atoms with Gasteiger partial charge in [0.15, 0.2) is 0 Å². The molecule has 2 aromatic rings. The third-order valence-electron chi connectivity index (χ3n) is 3.30. The zero-order valence-corrected chi connectivity index (χ0v) is 12.4. The first-order chi connectivity index (χ1) is 9.61. The quantitative estimate of drug-likeness (QED) is 0.872. The molecule has 0 radical (unpaired) electrons. The number of nitrogens with zero attached hydrogens (tertiary/aromatic N) is 4. The molecule has 0 aliphatic rings. The molecule has 1 N–H and O–H groups in total. The highest BCUT2D eigenvalue weighted by Gasteiger charge is 2.21. The van der Waals surface area contributed by atoms with Gasteiger partial charge in [0.1, 0.15) is 11.5 Å². The van der Waals surface area contributed by atoms with Crippen LogP contribution in [-0.4, -0.2) is 32.7 Å². The molecule has 0 spiro atoms. The van der Waals surface area contributed by atoms with E-state index in [4.69, 9.17) is 4.52 Å². The van der Waals surface area contributed by atoms with Crippen molar-refractivity contribution in [1.82, 2.24) is 25.4 Å². The Bertz CT molecular complexity index is 554. The van der Waals surface area contributed by atoms with E-state index in [9.17, 15) is 0 Å². The van der Waals surface area contributed by atoms with Crippen molar-refractivity contribution in [3.05, 3.63) is 24.0 Å². The van der Waals surface area contributed by atoms with Crippen molar-refractivity contribution in [2.24, 2.45) is 0 Å². The van der Waals surface area contributed by atoms with E-state index in [0.717, 1.165) is 13.0 Å². The Morgan fingerprint density at radius 1 is 1.30 bits per heavy atom. The lowest BCUT2D eigenvalue weighted by Gasteiger charge is -2.17. The molecule has 108 valence electrons. The zero-order valence-electron chi connectivity index (χ0n) is 12.4. The molecule has 6 heteroatoms. The van der Waals surface area contributed by atoms with E-state index in [1.807, 2.05) is 6.92 Å². The smallest absolute Gasteiger partial charge is 0.231 e. The first-order valence-electron chi connectivity index (χ1n) is 6.98. The van der Waals surface area contributed by atoms with Gasteiger partial charge in [0.05, 0.1) is 5.92 Å². The van der Waals surface area contributed by atoms with Crippen molar-refractivity contribution in [2.45, 2.75) is 46.1 Å². The monoisotopic (exact) mass is 275 g/mol. The molecule has 0 aromatic carbocycles. The van der Waals surface area contributed by atoms with Crippen LogP contribution in [-0.2, 0) is 0 Å². The minimum Gasteiger partial charge on any atom is -0.339 e. The van der Waals surface area contributed by atoms with E-state index >= 15 is 0 Å². The molecule has 0 saturated carbocycles. The SMILES string of the molecule is CCCNC(C)C(C)c1nc(-c2ccnc(C)n2)no1. The normalized spacial score (nSPS) is 14.2. The van der Waals surface area contributed by atoms with Gasteiger partial charge in [0, 0.05) is 12.2 Å². The Balaban J connectivity index is 2.12.